The lowest BCUT2D eigenvalue weighted by Gasteiger charge is -2.23. The first-order valence-electron chi connectivity index (χ1n) is 9.61. The average Bonchev–Trinajstić information content (AvgIpc) is 3.31. The number of benzene rings is 2. The number of hydrogen-bond acceptors (Lipinski definition) is 7. The molecule has 1 aliphatic rings. The number of Topliss-reactive ketones (excluding diaryl/α,β-unsaturated/α-hetero) is 1. The number of aliphatic hydroxyl groups is 1. The minimum atomic E-state index is -0.954. The number of nitrogens with zero attached hydrogens (tertiary/aromatic N) is 2. The normalized spacial score (nSPS) is 17.5. The van der Waals surface area contributed by atoms with E-state index in [9.17, 15) is 19.5 Å². The van der Waals surface area contributed by atoms with Gasteiger partial charge in [0.05, 0.1) is 24.4 Å². The number of hydrogen-bond donors (Lipinski definition) is 1. The smallest absolute Gasteiger partial charge is 0.350 e. The lowest BCUT2D eigenvalue weighted by molar-refractivity contribution is -0.132. The molecule has 0 saturated carbocycles. The van der Waals surface area contributed by atoms with Crippen molar-refractivity contribution < 1.29 is 24.2 Å². The molecule has 1 N–H and O–H groups in total. The summed E-state index contributed by atoms with van der Waals surface area (Å²) >= 11 is 10.3. The van der Waals surface area contributed by atoms with Crippen molar-refractivity contribution >= 4 is 67.4 Å². The molecule has 1 fully saturated rings. The molecule has 2 aromatic carbocycles. The molecule has 1 aliphatic heterocycles. The number of rotatable bonds is 4. The minimum absolute atomic E-state index is 0.0860. The average molecular weight is 548 g/mol. The summed E-state index contributed by atoms with van der Waals surface area (Å²) in [4.78, 5) is 44.2. The molecule has 168 valence electrons. The second kappa shape index (κ2) is 9.09. The van der Waals surface area contributed by atoms with Gasteiger partial charge in [0.25, 0.3) is 5.78 Å². The van der Waals surface area contributed by atoms with E-state index in [0.717, 1.165) is 15.8 Å². The van der Waals surface area contributed by atoms with Gasteiger partial charge in [-0.25, -0.2) is 9.78 Å². The Bertz CT molecular complexity index is 1300. The first-order valence-corrected chi connectivity index (χ1v) is 11.6. The van der Waals surface area contributed by atoms with Crippen LogP contribution in [0.3, 0.4) is 0 Å². The molecular weight excluding hydrogens is 532 g/mol. The van der Waals surface area contributed by atoms with Crippen molar-refractivity contribution in [3.63, 3.8) is 0 Å². The number of thiazole rings is 1. The van der Waals surface area contributed by atoms with Gasteiger partial charge in [0.2, 0.25) is 0 Å². The van der Waals surface area contributed by atoms with Gasteiger partial charge < -0.3 is 9.84 Å². The third-order valence-corrected chi connectivity index (χ3v) is 7.03. The largest absolute Gasteiger partial charge is 0.507 e. The lowest BCUT2D eigenvalue weighted by Crippen LogP contribution is -2.29. The maximum atomic E-state index is 13.2. The SMILES string of the molecule is COC(=O)c1sc(N2C(=O)C(=O)C(=C(O)c3ccc(Cl)cc3)C2c2ccc(Br)cc2)nc1C. The second-order valence-electron chi connectivity index (χ2n) is 7.13. The topological polar surface area (TPSA) is 96.8 Å². The van der Waals surface area contributed by atoms with Crippen LogP contribution in [0.2, 0.25) is 5.02 Å². The molecule has 0 radical (unpaired) electrons. The van der Waals surface area contributed by atoms with E-state index in [2.05, 4.69) is 20.9 Å². The van der Waals surface area contributed by atoms with Crippen LogP contribution in [-0.2, 0) is 14.3 Å². The van der Waals surface area contributed by atoms with E-state index >= 15 is 0 Å². The number of aryl methyl sites for hydroxylation is 1. The number of amides is 1. The van der Waals surface area contributed by atoms with Gasteiger partial charge in [-0.15, -0.1) is 0 Å². The highest BCUT2D eigenvalue weighted by molar-refractivity contribution is 9.10. The summed E-state index contributed by atoms with van der Waals surface area (Å²) in [6.45, 7) is 1.62. The molecular formula is C23H16BrClN2O5S. The van der Waals surface area contributed by atoms with E-state index < -0.39 is 23.7 Å². The number of aromatic nitrogens is 1. The first kappa shape index (κ1) is 23.2. The van der Waals surface area contributed by atoms with Crippen molar-refractivity contribution in [3.8, 4) is 0 Å². The Morgan fingerprint density at radius 2 is 1.79 bits per heavy atom. The van der Waals surface area contributed by atoms with Crippen LogP contribution in [0.15, 0.2) is 58.6 Å². The molecule has 1 unspecified atom stereocenters. The van der Waals surface area contributed by atoms with Crippen molar-refractivity contribution in [1.29, 1.82) is 0 Å². The number of carbonyl (C=O) groups excluding carboxylic acids is 3. The fraction of sp³-hybridized carbons (Fsp3) is 0.130. The summed E-state index contributed by atoms with van der Waals surface area (Å²) in [5.41, 5.74) is 1.21. The minimum Gasteiger partial charge on any atom is -0.507 e. The summed E-state index contributed by atoms with van der Waals surface area (Å²) in [6, 6.07) is 12.3. The van der Waals surface area contributed by atoms with Gasteiger partial charge in [-0.3, -0.25) is 14.5 Å². The van der Waals surface area contributed by atoms with Gasteiger partial charge in [-0.2, -0.15) is 0 Å². The van der Waals surface area contributed by atoms with Crippen molar-refractivity contribution in [2.45, 2.75) is 13.0 Å². The number of aliphatic hydroxyl groups excluding tert-OH is 1. The number of carbonyl (C=O) groups is 3. The van der Waals surface area contributed by atoms with E-state index in [1.807, 2.05) is 0 Å². The van der Waals surface area contributed by atoms with Crippen LogP contribution >= 0.6 is 38.9 Å². The summed E-state index contributed by atoms with van der Waals surface area (Å²) in [6.07, 6.45) is 0. The molecule has 4 rings (SSSR count). The molecule has 1 atom stereocenters. The zero-order valence-electron chi connectivity index (χ0n) is 17.3. The third kappa shape index (κ3) is 4.19. The maximum Gasteiger partial charge on any atom is 0.350 e. The van der Waals surface area contributed by atoms with Crippen LogP contribution in [0.25, 0.3) is 5.76 Å². The van der Waals surface area contributed by atoms with E-state index in [4.69, 9.17) is 16.3 Å². The van der Waals surface area contributed by atoms with Crippen molar-refractivity contribution in [2.75, 3.05) is 12.0 Å². The zero-order chi connectivity index (χ0) is 23.9. The fourth-order valence-electron chi connectivity index (χ4n) is 3.52. The van der Waals surface area contributed by atoms with E-state index in [0.29, 0.717) is 21.8 Å². The van der Waals surface area contributed by atoms with Gasteiger partial charge in [-0.05, 0) is 48.9 Å². The van der Waals surface area contributed by atoms with Crippen molar-refractivity contribution in [2.24, 2.45) is 0 Å². The second-order valence-corrected chi connectivity index (χ2v) is 9.46. The van der Waals surface area contributed by atoms with Crippen LogP contribution in [0.5, 0.6) is 0 Å². The number of halogens is 2. The lowest BCUT2D eigenvalue weighted by atomic mass is 9.95. The Kier molecular flexibility index (Phi) is 6.38. The molecule has 0 aliphatic carbocycles. The Balaban J connectivity index is 1.93. The van der Waals surface area contributed by atoms with E-state index in [1.165, 1.54) is 12.0 Å². The molecule has 2 heterocycles. The van der Waals surface area contributed by atoms with Crippen molar-refractivity contribution in [3.05, 3.63) is 85.3 Å². The van der Waals surface area contributed by atoms with E-state index in [1.54, 1.807) is 55.5 Å². The summed E-state index contributed by atoms with van der Waals surface area (Å²) < 4.78 is 5.59. The number of anilines is 1. The zero-order valence-corrected chi connectivity index (χ0v) is 20.5. The molecule has 0 bridgehead atoms. The molecule has 1 saturated heterocycles. The number of ether oxygens (including phenoxy) is 1. The Labute approximate surface area is 206 Å². The highest BCUT2D eigenvalue weighted by atomic mass is 79.9. The van der Waals surface area contributed by atoms with Gasteiger partial charge in [0, 0.05) is 15.1 Å². The van der Waals surface area contributed by atoms with Gasteiger partial charge >= 0.3 is 11.9 Å². The quantitative estimate of drug-likeness (QED) is 0.207. The molecule has 1 amide bonds. The van der Waals surface area contributed by atoms with Crippen LogP contribution in [-0.4, -0.2) is 34.9 Å². The number of esters is 1. The van der Waals surface area contributed by atoms with Gasteiger partial charge in [0.15, 0.2) is 5.13 Å². The van der Waals surface area contributed by atoms with Crippen LogP contribution < -0.4 is 4.90 Å². The third-order valence-electron chi connectivity index (χ3n) is 5.11. The molecule has 10 heteroatoms. The molecule has 0 spiro atoms. The molecule has 33 heavy (non-hydrogen) atoms. The highest BCUT2D eigenvalue weighted by Gasteiger charge is 2.48. The first-order chi connectivity index (χ1) is 15.7. The highest BCUT2D eigenvalue weighted by Crippen LogP contribution is 2.44. The van der Waals surface area contributed by atoms with Crippen molar-refractivity contribution in [1.82, 2.24) is 4.98 Å². The summed E-state index contributed by atoms with van der Waals surface area (Å²) in [7, 11) is 1.25. The van der Waals surface area contributed by atoms with Crippen LogP contribution in [0.4, 0.5) is 5.13 Å². The van der Waals surface area contributed by atoms with Gasteiger partial charge in [-0.1, -0.05) is 51.0 Å². The summed E-state index contributed by atoms with van der Waals surface area (Å²) in [5.74, 6) is -2.64. The Hall–Kier alpha value is -3.01. The monoisotopic (exact) mass is 546 g/mol. The fourth-order valence-corrected chi connectivity index (χ4v) is 4.92. The molecule has 3 aromatic rings. The number of ketones is 1. The van der Waals surface area contributed by atoms with Crippen LogP contribution in [0, 0.1) is 6.92 Å². The predicted molar refractivity (Wildman–Crippen MR) is 129 cm³/mol. The molecule has 1 aromatic heterocycles. The summed E-state index contributed by atoms with van der Waals surface area (Å²) in [5, 5.41) is 11.7. The van der Waals surface area contributed by atoms with Crippen LogP contribution in [0.1, 0.15) is 32.5 Å². The predicted octanol–water partition coefficient (Wildman–Crippen LogP) is 5.28. The number of methoxy groups -OCH3 is 1. The molecule has 7 nitrogen and oxygen atoms in total. The standard InChI is InChI=1S/C23H16BrClN2O5S/c1-11-20(22(31)32-2)33-23(26-11)27-17(12-3-7-14(24)8-4-12)16(19(29)21(27)30)18(28)13-5-9-15(25)10-6-13/h3-10,17,28H,1-2H3. The van der Waals surface area contributed by atoms with E-state index in [-0.39, 0.29) is 21.3 Å². The Morgan fingerprint density at radius 1 is 1.15 bits per heavy atom. The maximum absolute atomic E-state index is 13.2. The Morgan fingerprint density at radius 3 is 2.39 bits per heavy atom. The van der Waals surface area contributed by atoms with Gasteiger partial charge in [0.1, 0.15) is 10.6 Å².